The summed E-state index contributed by atoms with van der Waals surface area (Å²) < 4.78 is 0. The third kappa shape index (κ3) is 3.84. The van der Waals surface area contributed by atoms with E-state index in [-0.39, 0.29) is 5.91 Å². The zero-order valence-corrected chi connectivity index (χ0v) is 10.7. The highest BCUT2D eigenvalue weighted by Crippen LogP contribution is 2.28. The second-order valence-corrected chi connectivity index (χ2v) is 5.19. The molecular formula is C15H21NO2. The number of hydrogen-bond donors (Lipinski definition) is 2. The third-order valence-corrected chi connectivity index (χ3v) is 3.63. The Bertz CT molecular complexity index is 383. The fraction of sp³-hybridized carbons (Fsp3) is 0.533. The molecule has 1 amide bonds. The molecule has 1 aliphatic carbocycles. The Morgan fingerprint density at radius 3 is 2.56 bits per heavy atom. The quantitative estimate of drug-likeness (QED) is 0.836. The van der Waals surface area contributed by atoms with Crippen LogP contribution in [0, 0.1) is 0 Å². The maximum Gasteiger partial charge on any atom is 0.220 e. The Labute approximate surface area is 108 Å². The molecule has 0 heterocycles. The Morgan fingerprint density at radius 1 is 1.22 bits per heavy atom. The fourth-order valence-electron chi connectivity index (χ4n) is 2.46. The summed E-state index contributed by atoms with van der Waals surface area (Å²) in [7, 11) is 0. The predicted octanol–water partition coefficient (Wildman–Crippen LogP) is 2.04. The summed E-state index contributed by atoms with van der Waals surface area (Å²) in [6, 6.07) is 9.98. The van der Waals surface area contributed by atoms with Crippen molar-refractivity contribution in [2.75, 3.05) is 6.54 Å². The highest BCUT2D eigenvalue weighted by Gasteiger charge is 2.31. The second kappa shape index (κ2) is 6.01. The van der Waals surface area contributed by atoms with Crippen LogP contribution in [-0.4, -0.2) is 23.2 Å². The normalized spacial score (nSPS) is 17.6. The van der Waals surface area contributed by atoms with Gasteiger partial charge in [-0.3, -0.25) is 4.79 Å². The number of carbonyl (C=O) groups excluding carboxylic acids is 1. The molecule has 2 rings (SSSR count). The number of rotatable bonds is 5. The molecule has 2 N–H and O–H groups in total. The van der Waals surface area contributed by atoms with Gasteiger partial charge in [-0.15, -0.1) is 0 Å². The lowest BCUT2D eigenvalue weighted by atomic mass is 10.0. The molecule has 1 aromatic carbocycles. The second-order valence-electron chi connectivity index (χ2n) is 5.19. The van der Waals surface area contributed by atoms with E-state index >= 15 is 0 Å². The van der Waals surface area contributed by atoms with Crippen molar-refractivity contribution in [3.63, 3.8) is 0 Å². The molecule has 3 nitrogen and oxygen atoms in total. The zero-order chi connectivity index (χ0) is 12.8. The van der Waals surface area contributed by atoms with Gasteiger partial charge in [0.1, 0.15) is 0 Å². The maximum atomic E-state index is 11.7. The van der Waals surface area contributed by atoms with Gasteiger partial charge >= 0.3 is 0 Å². The lowest BCUT2D eigenvalue weighted by molar-refractivity contribution is -0.122. The number of nitrogens with one attached hydrogen (secondary N) is 1. The maximum absolute atomic E-state index is 11.7. The van der Waals surface area contributed by atoms with Crippen LogP contribution in [0.2, 0.25) is 0 Å². The number of aliphatic hydroxyl groups is 1. The monoisotopic (exact) mass is 247 g/mol. The fourth-order valence-corrected chi connectivity index (χ4v) is 2.46. The van der Waals surface area contributed by atoms with E-state index in [9.17, 15) is 9.90 Å². The Balaban J connectivity index is 1.69. The Kier molecular flexibility index (Phi) is 4.37. The molecule has 0 aromatic heterocycles. The van der Waals surface area contributed by atoms with Crippen LogP contribution < -0.4 is 5.32 Å². The van der Waals surface area contributed by atoms with E-state index in [0.29, 0.717) is 13.0 Å². The lowest BCUT2D eigenvalue weighted by Crippen LogP contribution is -2.40. The Hall–Kier alpha value is -1.35. The first-order valence-electron chi connectivity index (χ1n) is 6.71. The molecule has 0 unspecified atom stereocenters. The van der Waals surface area contributed by atoms with Gasteiger partial charge in [-0.05, 0) is 24.8 Å². The zero-order valence-electron chi connectivity index (χ0n) is 10.7. The molecule has 0 bridgehead atoms. The molecule has 0 spiro atoms. The minimum absolute atomic E-state index is 0.0270. The molecule has 0 aliphatic heterocycles. The van der Waals surface area contributed by atoms with Crippen molar-refractivity contribution < 1.29 is 9.90 Å². The summed E-state index contributed by atoms with van der Waals surface area (Å²) in [6.45, 7) is 0.403. The van der Waals surface area contributed by atoms with Crippen LogP contribution >= 0.6 is 0 Å². The van der Waals surface area contributed by atoms with Crippen LogP contribution in [-0.2, 0) is 11.2 Å². The Morgan fingerprint density at radius 2 is 1.89 bits per heavy atom. The summed E-state index contributed by atoms with van der Waals surface area (Å²) in [6.07, 6.45) is 5.00. The van der Waals surface area contributed by atoms with Gasteiger partial charge in [0.25, 0.3) is 0 Å². The molecule has 1 aromatic rings. The molecule has 0 radical (unpaired) electrons. The van der Waals surface area contributed by atoms with Crippen LogP contribution in [0.25, 0.3) is 0 Å². The minimum Gasteiger partial charge on any atom is -0.388 e. The van der Waals surface area contributed by atoms with Gasteiger partial charge < -0.3 is 10.4 Å². The van der Waals surface area contributed by atoms with E-state index in [1.807, 2.05) is 30.3 Å². The van der Waals surface area contributed by atoms with Crippen molar-refractivity contribution in [1.82, 2.24) is 5.32 Å². The number of benzene rings is 1. The van der Waals surface area contributed by atoms with Crippen LogP contribution in [0.1, 0.15) is 37.7 Å². The van der Waals surface area contributed by atoms with Gasteiger partial charge in [0.15, 0.2) is 0 Å². The van der Waals surface area contributed by atoms with E-state index in [0.717, 1.165) is 32.1 Å². The van der Waals surface area contributed by atoms with Gasteiger partial charge in [-0.2, -0.15) is 0 Å². The molecule has 3 heteroatoms. The highest BCUT2D eigenvalue weighted by molar-refractivity contribution is 5.76. The number of aryl methyl sites for hydroxylation is 1. The summed E-state index contributed by atoms with van der Waals surface area (Å²) in [5, 5.41) is 13.0. The molecule has 0 atom stereocenters. The van der Waals surface area contributed by atoms with Crippen LogP contribution in [0.3, 0.4) is 0 Å². The van der Waals surface area contributed by atoms with Crippen LogP contribution in [0.15, 0.2) is 30.3 Å². The van der Waals surface area contributed by atoms with Gasteiger partial charge in [-0.25, -0.2) is 0 Å². The lowest BCUT2D eigenvalue weighted by Gasteiger charge is -2.22. The first kappa shape index (κ1) is 13.1. The molecule has 1 fully saturated rings. The number of amides is 1. The van der Waals surface area contributed by atoms with E-state index in [2.05, 4.69) is 5.32 Å². The van der Waals surface area contributed by atoms with Gasteiger partial charge in [0.05, 0.1) is 5.60 Å². The summed E-state index contributed by atoms with van der Waals surface area (Å²) in [5.41, 5.74) is 0.523. The average molecular weight is 247 g/mol. The van der Waals surface area contributed by atoms with E-state index in [1.54, 1.807) is 0 Å². The van der Waals surface area contributed by atoms with Crippen molar-refractivity contribution in [2.45, 2.75) is 44.1 Å². The van der Waals surface area contributed by atoms with Crippen molar-refractivity contribution >= 4 is 5.91 Å². The summed E-state index contributed by atoms with van der Waals surface area (Å²) in [5.74, 6) is 0.0270. The van der Waals surface area contributed by atoms with Crippen LogP contribution in [0.5, 0.6) is 0 Å². The first-order valence-corrected chi connectivity index (χ1v) is 6.71. The van der Waals surface area contributed by atoms with Crippen molar-refractivity contribution in [3.8, 4) is 0 Å². The first-order chi connectivity index (χ1) is 8.68. The highest BCUT2D eigenvalue weighted by atomic mass is 16.3. The molecule has 1 saturated carbocycles. The molecule has 18 heavy (non-hydrogen) atoms. The SMILES string of the molecule is O=C(CCc1ccccc1)NCC1(O)CCCC1. The van der Waals surface area contributed by atoms with Crippen molar-refractivity contribution in [3.05, 3.63) is 35.9 Å². The minimum atomic E-state index is -0.650. The average Bonchev–Trinajstić information content (AvgIpc) is 2.83. The van der Waals surface area contributed by atoms with E-state index in [4.69, 9.17) is 0 Å². The third-order valence-electron chi connectivity index (χ3n) is 3.63. The smallest absolute Gasteiger partial charge is 0.220 e. The number of hydrogen-bond acceptors (Lipinski definition) is 2. The van der Waals surface area contributed by atoms with E-state index in [1.165, 1.54) is 5.56 Å². The van der Waals surface area contributed by atoms with Gasteiger partial charge in [-0.1, -0.05) is 43.2 Å². The molecular weight excluding hydrogens is 226 g/mol. The topological polar surface area (TPSA) is 49.3 Å². The van der Waals surface area contributed by atoms with Gasteiger partial charge in [0.2, 0.25) is 5.91 Å². The largest absolute Gasteiger partial charge is 0.388 e. The molecule has 0 saturated heterocycles. The molecule has 98 valence electrons. The van der Waals surface area contributed by atoms with Crippen molar-refractivity contribution in [1.29, 1.82) is 0 Å². The van der Waals surface area contributed by atoms with E-state index < -0.39 is 5.60 Å². The summed E-state index contributed by atoms with van der Waals surface area (Å²) >= 11 is 0. The van der Waals surface area contributed by atoms with Gasteiger partial charge in [0, 0.05) is 13.0 Å². The predicted molar refractivity (Wildman–Crippen MR) is 71.2 cm³/mol. The van der Waals surface area contributed by atoms with Crippen LogP contribution in [0.4, 0.5) is 0 Å². The van der Waals surface area contributed by atoms with Crippen molar-refractivity contribution in [2.24, 2.45) is 0 Å². The number of carbonyl (C=O) groups is 1. The standard InChI is InChI=1S/C15H21NO2/c17-14(9-8-13-6-2-1-3-7-13)16-12-15(18)10-4-5-11-15/h1-3,6-7,18H,4-5,8-12H2,(H,16,17). The molecule has 1 aliphatic rings. The summed E-state index contributed by atoms with van der Waals surface area (Å²) in [4.78, 5) is 11.7.